The van der Waals surface area contributed by atoms with E-state index in [0.29, 0.717) is 28.3 Å². The molecule has 1 atom stereocenters. The Morgan fingerprint density at radius 1 is 1.20 bits per heavy atom. The number of carbonyl (C=O) groups excluding carboxylic acids is 1. The first-order valence-corrected chi connectivity index (χ1v) is 11.0. The number of carbonyl (C=O) groups is 1. The van der Waals surface area contributed by atoms with Gasteiger partial charge >= 0.3 is 5.97 Å². The monoisotopic (exact) mass is 454 g/mol. The highest BCUT2D eigenvalue weighted by molar-refractivity contribution is 6.36. The van der Waals surface area contributed by atoms with E-state index in [1.807, 2.05) is 14.0 Å². The summed E-state index contributed by atoms with van der Waals surface area (Å²) in [5.74, 6) is 1.49. The normalized spacial score (nSPS) is 15.7. The SMILES string of the molecule is COC(=O)[C@H](C)Oc1cc(Oc2c(CC3CCCCC3)c(C)nn2C)c(Cl)cc1Cl. The van der Waals surface area contributed by atoms with Crippen LogP contribution in [0.1, 0.15) is 50.3 Å². The van der Waals surface area contributed by atoms with Gasteiger partial charge in [0, 0.05) is 18.7 Å². The number of hydrogen-bond donors (Lipinski definition) is 0. The van der Waals surface area contributed by atoms with E-state index in [1.54, 1.807) is 23.7 Å². The summed E-state index contributed by atoms with van der Waals surface area (Å²) in [5.41, 5.74) is 2.06. The summed E-state index contributed by atoms with van der Waals surface area (Å²) >= 11 is 12.7. The lowest BCUT2D eigenvalue weighted by molar-refractivity contribution is -0.147. The molecule has 0 saturated heterocycles. The van der Waals surface area contributed by atoms with E-state index in [1.165, 1.54) is 39.2 Å². The fourth-order valence-corrected chi connectivity index (χ4v) is 4.38. The Morgan fingerprint density at radius 3 is 2.53 bits per heavy atom. The molecule has 1 aromatic carbocycles. The molecule has 0 aliphatic heterocycles. The van der Waals surface area contributed by atoms with Crippen molar-refractivity contribution in [3.8, 4) is 17.4 Å². The van der Waals surface area contributed by atoms with Crippen LogP contribution in [0.5, 0.6) is 17.4 Å². The molecular formula is C22H28Cl2N2O4. The van der Waals surface area contributed by atoms with Crippen LogP contribution in [0, 0.1) is 12.8 Å². The van der Waals surface area contributed by atoms with Gasteiger partial charge in [-0.25, -0.2) is 9.48 Å². The molecular weight excluding hydrogens is 427 g/mol. The summed E-state index contributed by atoms with van der Waals surface area (Å²) in [6.45, 7) is 3.59. The molecule has 0 radical (unpaired) electrons. The second-order valence-corrected chi connectivity index (χ2v) is 8.61. The maximum absolute atomic E-state index is 11.7. The Bertz CT molecular complexity index is 907. The number of nitrogens with zero attached hydrogens (tertiary/aromatic N) is 2. The topological polar surface area (TPSA) is 62.6 Å². The minimum absolute atomic E-state index is 0.284. The molecule has 1 aromatic heterocycles. The van der Waals surface area contributed by atoms with E-state index in [2.05, 4.69) is 5.10 Å². The highest BCUT2D eigenvalue weighted by Crippen LogP contribution is 2.40. The van der Waals surface area contributed by atoms with Crippen LogP contribution in [-0.4, -0.2) is 29.0 Å². The molecule has 1 heterocycles. The molecule has 1 aliphatic rings. The van der Waals surface area contributed by atoms with Crippen LogP contribution < -0.4 is 9.47 Å². The van der Waals surface area contributed by atoms with Gasteiger partial charge in [0.25, 0.3) is 0 Å². The molecule has 1 saturated carbocycles. The minimum Gasteiger partial charge on any atom is -0.477 e. The molecule has 0 N–H and O–H groups in total. The van der Waals surface area contributed by atoms with Crippen LogP contribution in [0.15, 0.2) is 12.1 Å². The van der Waals surface area contributed by atoms with Crippen molar-refractivity contribution in [3.63, 3.8) is 0 Å². The molecule has 3 rings (SSSR count). The van der Waals surface area contributed by atoms with Gasteiger partial charge < -0.3 is 14.2 Å². The molecule has 2 aromatic rings. The Morgan fingerprint density at radius 2 is 1.87 bits per heavy atom. The summed E-state index contributed by atoms with van der Waals surface area (Å²) in [7, 11) is 3.16. The van der Waals surface area contributed by atoms with Crippen LogP contribution in [0.3, 0.4) is 0 Å². The zero-order valence-corrected chi connectivity index (χ0v) is 19.3. The maximum atomic E-state index is 11.7. The average molecular weight is 455 g/mol. The number of esters is 1. The molecule has 164 valence electrons. The fourth-order valence-electron chi connectivity index (χ4n) is 3.91. The lowest BCUT2D eigenvalue weighted by Gasteiger charge is -2.22. The van der Waals surface area contributed by atoms with Crippen molar-refractivity contribution in [1.29, 1.82) is 0 Å². The van der Waals surface area contributed by atoms with Gasteiger partial charge in [-0.05, 0) is 32.3 Å². The minimum atomic E-state index is -0.817. The number of aryl methyl sites for hydroxylation is 2. The molecule has 0 bridgehead atoms. The Hall–Kier alpha value is -1.92. The van der Waals surface area contributed by atoms with E-state index >= 15 is 0 Å². The van der Waals surface area contributed by atoms with Gasteiger partial charge in [0.2, 0.25) is 5.88 Å². The lowest BCUT2D eigenvalue weighted by atomic mass is 9.85. The molecule has 1 fully saturated rings. The van der Waals surface area contributed by atoms with E-state index in [9.17, 15) is 4.79 Å². The summed E-state index contributed by atoms with van der Waals surface area (Å²) < 4.78 is 18.3. The quantitative estimate of drug-likeness (QED) is 0.487. The van der Waals surface area contributed by atoms with Crippen molar-refractivity contribution in [1.82, 2.24) is 9.78 Å². The van der Waals surface area contributed by atoms with Gasteiger partial charge in [-0.2, -0.15) is 5.10 Å². The first kappa shape index (κ1) is 22.8. The Labute approximate surface area is 187 Å². The third kappa shape index (κ3) is 5.22. The van der Waals surface area contributed by atoms with Crippen LogP contribution in [0.25, 0.3) is 0 Å². The number of hydrogen-bond acceptors (Lipinski definition) is 5. The van der Waals surface area contributed by atoms with Crippen LogP contribution in [0.2, 0.25) is 10.0 Å². The van der Waals surface area contributed by atoms with E-state index in [-0.39, 0.29) is 5.02 Å². The van der Waals surface area contributed by atoms with Crippen molar-refractivity contribution in [2.45, 2.75) is 58.5 Å². The van der Waals surface area contributed by atoms with Crippen molar-refractivity contribution in [2.75, 3.05) is 7.11 Å². The number of ether oxygens (including phenoxy) is 3. The van der Waals surface area contributed by atoms with E-state index in [4.69, 9.17) is 37.4 Å². The zero-order valence-electron chi connectivity index (χ0n) is 17.8. The van der Waals surface area contributed by atoms with Gasteiger partial charge in [0.15, 0.2) is 11.9 Å². The molecule has 1 aliphatic carbocycles. The van der Waals surface area contributed by atoms with E-state index in [0.717, 1.165) is 17.7 Å². The van der Waals surface area contributed by atoms with Gasteiger partial charge in [-0.3, -0.25) is 0 Å². The number of methoxy groups -OCH3 is 1. The van der Waals surface area contributed by atoms with E-state index < -0.39 is 12.1 Å². The number of benzene rings is 1. The van der Waals surface area contributed by atoms with Crippen LogP contribution in [0.4, 0.5) is 0 Å². The number of halogens is 2. The van der Waals surface area contributed by atoms with Crippen molar-refractivity contribution in [3.05, 3.63) is 33.4 Å². The third-order valence-electron chi connectivity index (χ3n) is 5.54. The number of aromatic nitrogens is 2. The third-order valence-corrected chi connectivity index (χ3v) is 6.13. The second kappa shape index (κ2) is 9.92. The average Bonchev–Trinajstić information content (AvgIpc) is 2.98. The molecule has 8 heteroatoms. The molecule has 6 nitrogen and oxygen atoms in total. The molecule has 0 unspecified atom stereocenters. The van der Waals surface area contributed by atoms with Gasteiger partial charge in [0.1, 0.15) is 5.75 Å². The van der Waals surface area contributed by atoms with Gasteiger partial charge in [0.05, 0.1) is 22.8 Å². The molecule has 30 heavy (non-hydrogen) atoms. The fraction of sp³-hybridized carbons (Fsp3) is 0.545. The van der Waals surface area contributed by atoms with Crippen molar-refractivity contribution in [2.24, 2.45) is 13.0 Å². The van der Waals surface area contributed by atoms with Crippen LogP contribution in [-0.2, 0) is 23.0 Å². The zero-order chi connectivity index (χ0) is 21.8. The van der Waals surface area contributed by atoms with Crippen molar-refractivity contribution < 1.29 is 19.0 Å². The number of rotatable bonds is 7. The van der Waals surface area contributed by atoms with Crippen LogP contribution >= 0.6 is 23.2 Å². The largest absolute Gasteiger partial charge is 0.477 e. The standard InChI is InChI=1S/C22H28Cl2N2O4/c1-13-16(10-15-8-6-5-7-9-15)21(26(3)25-13)30-20-12-19(17(23)11-18(20)24)29-14(2)22(27)28-4/h11-12,14-15H,5-10H2,1-4H3/t14-/m0/s1. The Kier molecular flexibility index (Phi) is 7.53. The Balaban J connectivity index is 1.87. The first-order valence-electron chi connectivity index (χ1n) is 10.2. The van der Waals surface area contributed by atoms with Gasteiger partial charge in [-0.15, -0.1) is 0 Å². The first-order chi connectivity index (χ1) is 14.3. The lowest BCUT2D eigenvalue weighted by Crippen LogP contribution is -2.25. The molecule has 0 spiro atoms. The second-order valence-electron chi connectivity index (χ2n) is 7.80. The molecule has 0 amide bonds. The summed E-state index contributed by atoms with van der Waals surface area (Å²) in [4.78, 5) is 11.7. The van der Waals surface area contributed by atoms with Crippen molar-refractivity contribution >= 4 is 29.2 Å². The summed E-state index contributed by atoms with van der Waals surface area (Å²) in [6.07, 6.45) is 6.46. The predicted octanol–water partition coefficient (Wildman–Crippen LogP) is 5.89. The smallest absolute Gasteiger partial charge is 0.346 e. The highest BCUT2D eigenvalue weighted by Gasteiger charge is 2.23. The highest BCUT2D eigenvalue weighted by atomic mass is 35.5. The summed E-state index contributed by atoms with van der Waals surface area (Å²) in [5, 5.41) is 5.19. The predicted molar refractivity (Wildman–Crippen MR) is 117 cm³/mol. The summed E-state index contributed by atoms with van der Waals surface area (Å²) in [6, 6.07) is 3.14. The maximum Gasteiger partial charge on any atom is 0.346 e. The van der Waals surface area contributed by atoms with Gasteiger partial charge in [-0.1, -0.05) is 55.3 Å².